The lowest BCUT2D eigenvalue weighted by molar-refractivity contribution is -0.132. The number of thiazole rings is 1. The van der Waals surface area contributed by atoms with Crippen LogP contribution in [0, 0.1) is 13.8 Å². The van der Waals surface area contributed by atoms with Crippen LogP contribution in [0.4, 0.5) is 5.13 Å². The number of aromatic nitrogens is 3. The molecule has 3 aromatic heterocycles. The number of anilines is 1. The average molecular weight is 583 g/mol. The van der Waals surface area contributed by atoms with Crippen LogP contribution in [-0.2, 0) is 9.59 Å². The molecule has 1 aliphatic rings. The summed E-state index contributed by atoms with van der Waals surface area (Å²) in [5.74, 6) is -0.873. The molecular weight excluding hydrogens is 552 g/mol. The van der Waals surface area contributed by atoms with E-state index in [9.17, 15) is 14.7 Å². The normalized spacial score (nSPS) is 16.6. The summed E-state index contributed by atoms with van der Waals surface area (Å²) < 4.78 is 14.2. The fraction of sp³-hybridized carbons (Fsp3) is 0.250. The van der Waals surface area contributed by atoms with E-state index in [0.717, 1.165) is 28.6 Å². The zero-order chi connectivity index (χ0) is 29.5. The number of aliphatic hydroxyl groups excluding tert-OH is 1. The molecule has 1 atom stereocenters. The molecule has 0 bridgehead atoms. The highest BCUT2D eigenvalue weighted by molar-refractivity contribution is 7.22. The number of rotatable bonds is 8. The van der Waals surface area contributed by atoms with Gasteiger partial charge in [0.2, 0.25) is 0 Å². The topological polar surface area (TPSA) is 106 Å². The number of benzene rings is 2. The molecule has 4 heterocycles. The van der Waals surface area contributed by atoms with Crippen molar-refractivity contribution in [2.75, 3.05) is 18.6 Å². The van der Waals surface area contributed by atoms with Crippen LogP contribution in [0.15, 0.2) is 66.4 Å². The maximum absolute atomic E-state index is 13.8. The molecule has 9 nitrogen and oxygen atoms in total. The summed E-state index contributed by atoms with van der Waals surface area (Å²) in [5.41, 5.74) is 3.78. The molecule has 0 radical (unpaired) electrons. The van der Waals surface area contributed by atoms with E-state index in [1.54, 1.807) is 42.8 Å². The van der Waals surface area contributed by atoms with Crippen molar-refractivity contribution in [3.8, 4) is 11.5 Å². The predicted molar refractivity (Wildman–Crippen MR) is 162 cm³/mol. The Balaban J connectivity index is 1.57. The third-order valence-corrected chi connectivity index (χ3v) is 8.39. The van der Waals surface area contributed by atoms with Gasteiger partial charge in [-0.25, -0.2) is 9.97 Å². The SMILES string of the molecule is CCCCOc1ccc(C2/C(=C(\O)c3c(C)nc4ccccn34)C(=O)C(=O)N2c2nc3ccc(C)cc3s2)cc1OC. The highest BCUT2D eigenvalue weighted by Gasteiger charge is 2.49. The van der Waals surface area contributed by atoms with Crippen LogP contribution in [0.5, 0.6) is 11.5 Å². The molecule has 2 aromatic carbocycles. The minimum absolute atomic E-state index is 0.0501. The number of methoxy groups -OCH3 is 1. The van der Waals surface area contributed by atoms with Crippen LogP contribution in [0.2, 0.25) is 0 Å². The third-order valence-electron chi connectivity index (χ3n) is 7.37. The summed E-state index contributed by atoms with van der Waals surface area (Å²) in [6.45, 7) is 6.36. The van der Waals surface area contributed by atoms with Gasteiger partial charge >= 0.3 is 5.91 Å². The monoisotopic (exact) mass is 582 g/mol. The van der Waals surface area contributed by atoms with E-state index in [0.29, 0.717) is 45.8 Å². The van der Waals surface area contributed by atoms with Crippen molar-refractivity contribution in [2.24, 2.45) is 0 Å². The second kappa shape index (κ2) is 10.9. The Morgan fingerprint density at radius 2 is 1.88 bits per heavy atom. The van der Waals surface area contributed by atoms with Crippen molar-refractivity contribution in [1.82, 2.24) is 14.4 Å². The van der Waals surface area contributed by atoms with Crippen LogP contribution >= 0.6 is 11.3 Å². The smallest absolute Gasteiger partial charge is 0.301 e. The third kappa shape index (κ3) is 4.57. The first-order valence-electron chi connectivity index (χ1n) is 13.7. The van der Waals surface area contributed by atoms with Crippen LogP contribution in [0.1, 0.15) is 48.3 Å². The molecule has 0 spiro atoms. The van der Waals surface area contributed by atoms with Crippen molar-refractivity contribution >= 4 is 49.8 Å². The number of unbranched alkanes of at least 4 members (excludes halogenated alkanes) is 1. The largest absolute Gasteiger partial charge is 0.505 e. The van der Waals surface area contributed by atoms with Crippen molar-refractivity contribution in [3.63, 3.8) is 0 Å². The molecule has 1 fully saturated rings. The highest BCUT2D eigenvalue weighted by atomic mass is 32.1. The number of aryl methyl sites for hydroxylation is 2. The number of amides is 1. The van der Waals surface area contributed by atoms with Crippen LogP contribution in [0.3, 0.4) is 0 Å². The number of imidazole rings is 1. The van der Waals surface area contributed by atoms with E-state index in [1.807, 2.05) is 43.3 Å². The van der Waals surface area contributed by atoms with Gasteiger partial charge in [-0.3, -0.25) is 18.9 Å². The number of carbonyl (C=O) groups excluding carboxylic acids is 2. The molecule has 0 saturated carbocycles. The fourth-order valence-electron chi connectivity index (χ4n) is 5.29. The molecule has 1 amide bonds. The predicted octanol–water partition coefficient (Wildman–Crippen LogP) is 6.37. The molecule has 10 heteroatoms. The Morgan fingerprint density at radius 1 is 1.05 bits per heavy atom. The van der Waals surface area contributed by atoms with Crippen molar-refractivity contribution < 1.29 is 24.2 Å². The molecule has 5 aromatic rings. The molecule has 1 unspecified atom stereocenters. The van der Waals surface area contributed by atoms with Gasteiger partial charge in [0.15, 0.2) is 22.4 Å². The maximum atomic E-state index is 13.8. The van der Waals surface area contributed by atoms with E-state index in [2.05, 4.69) is 11.9 Å². The van der Waals surface area contributed by atoms with E-state index in [-0.39, 0.29) is 11.3 Å². The second-order valence-electron chi connectivity index (χ2n) is 10.2. The van der Waals surface area contributed by atoms with E-state index >= 15 is 0 Å². The zero-order valence-corrected chi connectivity index (χ0v) is 24.6. The molecule has 1 aliphatic heterocycles. The molecule has 1 N–H and O–H groups in total. The lowest BCUT2D eigenvalue weighted by Gasteiger charge is -2.24. The minimum atomic E-state index is -0.973. The lowest BCUT2D eigenvalue weighted by atomic mass is 9.96. The van der Waals surface area contributed by atoms with Crippen LogP contribution in [-0.4, -0.2) is 44.9 Å². The number of carbonyl (C=O) groups is 2. The number of pyridine rings is 1. The number of hydrogen-bond acceptors (Lipinski definition) is 8. The maximum Gasteiger partial charge on any atom is 0.301 e. The molecule has 6 rings (SSSR count). The highest BCUT2D eigenvalue weighted by Crippen LogP contribution is 2.46. The number of Topliss-reactive ketones (excluding diaryl/α,β-unsaturated/α-hetero) is 1. The Morgan fingerprint density at radius 3 is 2.67 bits per heavy atom. The van der Waals surface area contributed by atoms with Gasteiger partial charge in [0.1, 0.15) is 11.3 Å². The van der Waals surface area contributed by atoms with Crippen molar-refractivity contribution in [2.45, 2.75) is 39.7 Å². The summed E-state index contributed by atoms with van der Waals surface area (Å²) in [6, 6.07) is 15.6. The van der Waals surface area contributed by atoms with Gasteiger partial charge in [-0.15, -0.1) is 0 Å². The molecular formula is C32H30N4O5S. The van der Waals surface area contributed by atoms with E-state index in [1.165, 1.54) is 16.2 Å². The Labute approximate surface area is 246 Å². The quantitative estimate of drug-likeness (QED) is 0.0980. The number of hydrogen-bond donors (Lipinski definition) is 1. The zero-order valence-electron chi connectivity index (χ0n) is 23.7. The number of ketones is 1. The Hall–Kier alpha value is -4.70. The average Bonchev–Trinajstić information content (AvgIpc) is 3.63. The molecule has 42 heavy (non-hydrogen) atoms. The molecule has 0 aliphatic carbocycles. The van der Waals surface area contributed by atoms with Crippen LogP contribution in [0.25, 0.3) is 21.6 Å². The fourth-order valence-corrected chi connectivity index (χ4v) is 6.38. The van der Waals surface area contributed by atoms with Gasteiger partial charge in [-0.05, 0) is 67.8 Å². The summed E-state index contributed by atoms with van der Waals surface area (Å²) in [5, 5.41) is 12.2. The van der Waals surface area contributed by atoms with Gasteiger partial charge in [0.25, 0.3) is 5.78 Å². The van der Waals surface area contributed by atoms with Crippen molar-refractivity contribution in [1.29, 1.82) is 0 Å². The van der Waals surface area contributed by atoms with E-state index < -0.39 is 17.7 Å². The van der Waals surface area contributed by atoms with Crippen molar-refractivity contribution in [3.05, 3.63) is 88.9 Å². The van der Waals surface area contributed by atoms with Gasteiger partial charge in [0.05, 0.1) is 41.2 Å². The number of ether oxygens (including phenoxy) is 2. The first kappa shape index (κ1) is 27.5. The van der Waals surface area contributed by atoms with E-state index in [4.69, 9.17) is 14.5 Å². The number of fused-ring (bicyclic) bond motifs is 2. The number of aliphatic hydroxyl groups is 1. The van der Waals surface area contributed by atoms with Gasteiger partial charge < -0.3 is 14.6 Å². The Bertz CT molecular complexity index is 1890. The molecule has 214 valence electrons. The molecule has 1 saturated heterocycles. The van der Waals surface area contributed by atoms with Gasteiger partial charge in [-0.2, -0.15) is 0 Å². The van der Waals surface area contributed by atoms with Crippen LogP contribution < -0.4 is 14.4 Å². The standard InChI is InChI=1S/C32H30N4O5S/c1-5-6-15-41-22-13-11-20(17-23(22)40-4)28-26(29(37)27-19(3)33-25-9-7-8-14-35(25)27)30(38)31(39)36(28)32-34-21-12-10-18(2)16-24(21)42-32/h7-14,16-17,28,37H,5-6,15H2,1-4H3/b29-26+. The lowest BCUT2D eigenvalue weighted by Crippen LogP contribution is -2.29. The summed E-state index contributed by atoms with van der Waals surface area (Å²) in [6.07, 6.45) is 3.64. The van der Waals surface area contributed by atoms with Gasteiger partial charge in [0, 0.05) is 6.20 Å². The minimum Gasteiger partial charge on any atom is -0.505 e. The number of nitrogens with zero attached hydrogens (tertiary/aromatic N) is 4. The first-order chi connectivity index (χ1) is 20.3. The summed E-state index contributed by atoms with van der Waals surface area (Å²) in [4.78, 5) is 38.2. The first-order valence-corrected chi connectivity index (χ1v) is 14.6. The van der Waals surface area contributed by atoms with Gasteiger partial charge in [-0.1, -0.05) is 42.9 Å². The second-order valence-corrected chi connectivity index (χ2v) is 11.2. The summed E-state index contributed by atoms with van der Waals surface area (Å²) >= 11 is 1.32. The Kier molecular flexibility index (Phi) is 7.16. The summed E-state index contributed by atoms with van der Waals surface area (Å²) in [7, 11) is 1.54.